The maximum atomic E-state index is 12.3. The van der Waals surface area contributed by atoms with Crippen LogP contribution < -0.4 is 21.3 Å². The SMILES string of the molecule is CCCCNC(=O)c1cccc(NCC(=O)Nc2ccc(NC(=O)CCc3ccccc3)cc2)c1. The highest BCUT2D eigenvalue weighted by Crippen LogP contribution is 2.15. The molecule has 0 atom stereocenters. The standard InChI is InChI=1S/C28H32N4O3/c1-2-3-18-29-28(35)22-10-7-11-25(19-22)30-20-27(34)32-24-15-13-23(14-16-24)31-26(33)17-12-21-8-5-4-6-9-21/h4-11,13-16,19,30H,2-3,12,17-18,20H2,1H3,(H,29,35)(H,31,33)(H,32,34). The number of unbranched alkanes of at least 4 members (excludes halogenated alkanes) is 1. The summed E-state index contributed by atoms with van der Waals surface area (Å²) in [5, 5.41) is 11.6. The van der Waals surface area contributed by atoms with Gasteiger partial charge in [0.1, 0.15) is 0 Å². The zero-order valence-corrected chi connectivity index (χ0v) is 20.0. The third-order valence-electron chi connectivity index (χ3n) is 5.33. The molecule has 0 fully saturated rings. The molecule has 0 aliphatic rings. The smallest absolute Gasteiger partial charge is 0.251 e. The molecule has 0 radical (unpaired) electrons. The van der Waals surface area contributed by atoms with Crippen LogP contribution in [0.25, 0.3) is 0 Å². The van der Waals surface area contributed by atoms with Crippen molar-refractivity contribution in [2.45, 2.75) is 32.6 Å². The van der Waals surface area contributed by atoms with E-state index in [0.29, 0.717) is 42.0 Å². The van der Waals surface area contributed by atoms with Crippen molar-refractivity contribution in [2.24, 2.45) is 0 Å². The van der Waals surface area contributed by atoms with Gasteiger partial charge in [-0.25, -0.2) is 0 Å². The zero-order chi connectivity index (χ0) is 24.9. The van der Waals surface area contributed by atoms with Crippen LogP contribution in [0.4, 0.5) is 17.1 Å². The number of amides is 3. The fourth-order valence-electron chi connectivity index (χ4n) is 3.40. The molecule has 7 heteroatoms. The maximum absolute atomic E-state index is 12.3. The lowest BCUT2D eigenvalue weighted by Gasteiger charge is -2.10. The van der Waals surface area contributed by atoms with Crippen LogP contribution in [-0.2, 0) is 16.0 Å². The second-order valence-electron chi connectivity index (χ2n) is 8.20. The van der Waals surface area contributed by atoms with Gasteiger partial charge in [0, 0.05) is 35.6 Å². The molecule has 0 saturated heterocycles. The molecular formula is C28H32N4O3. The number of carbonyl (C=O) groups is 3. The summed E-state index contributed by atoms with van der Waals surface area (Å²) in [7, 11) is 0. The number of aryl methyl sites for hydroxylation is 1. The molecule has 0 saturated carbocycles. The Labute approximate surface area is 206 Å². The van der Waals surface area contributed by atoms with Crippen molar-refractivity contribution < 1.29 is 14.4 Å². The number of benzene rings is 3. The second-order valence-corrected chi connectivity index (χ2v) is 8.20. The van der Waals surface area contributed by atoms with Gasteiger partial charge in [-0.2, -0.15) is 0 Å². The predicted molar refractivity (Wildman–Crippen MR) is 141 cm³/mol. The molecule has 0 aliphatic carbocycles. The minimum Gasteiger partial charge on any atom is -0.376 e. The lowest BCUT2D eigenvalue weighted by Crippen LogP contribution is -2.25. The average Bonchev–Trinajstić information content (AvgIpc) is 2.88. The van der Waals surface area contributed by atoms with Gasteiger partial charge < -0.3 is 21.3 Å². The largest absolute Gasteiger partial charge is 0.376 e. The minimum absolute atomic E-state index is 0.0544. The van der Waals surface area contributed by atoms with Crippen molar-refractivity contribution in [3.05, 3.63) is 90.0 Å². The minimum atomic E-state index is -0.220. The second kappa shape index (κ2) is 13.5. The third-order valence-corrected chi connectivity index (χ3v) is 5.33. The van der Waals surface area contributed by atoms with Crippen molar-refractivity contribution in [3.8, 4) is 0 Å². The summed E-state index contributed by atoms with van der Waals surface area (Å²) in [6.07, 6.45) is 3.03. The van der Waals surface area contributed by atoms with Crippen LogP contribution in [0, 0.1) is 0 Å². The Kier molecular flexibility index (Phi) is 9.87. The maximum Gasteiger partial charge on any atom is 0.251 e. The fraction of sp³-hybridized carbons (Fsp3) is 0.250. The lowest BCUT2D eigenvalue weighted by molar-refractivity contribution is -0.116. The molecule has 4 N–H and O–H groups in total. The first-order chi connectivity index (χ1) is 17.0. The quantitative estimate of drug-likeness (QED) is 0.284. The summed E-state index contributed by atoms with van der Waals surface area (Å²) >= 11 is 0. The van der Waals surface area contributed by atoms with Gasteiger partial charge in [0.15, 0.2) is 0 Å². The molecule has 3 rings (SSSR count). The molecule has 3 amide bonds. The summed E-state index contributed by atoms with van der Waals surface area (Å²) in [5.41, 5.74) is 3.66. The first-order valence-electron chi connectivity index (χ1n) is 11.9. The van der Waals surface area contributed by atoms with Crippen LogP contribution in [0.3, 0.4) is 0 Å². The first-order valence-corrected chi connectivity index (χ1v) is 11.9. The first kappa shape index (κ1) is 25.5. The average molecular weight is 473 g/mol. The summed E-state index contributed by atoms with van der Waals surface area (Å²) in [6, 6.07) is 23.9. The summed E-state index contributed by atoms with van der Waals surface area (Å²) < 4.78 is 0. The van der Waals surface area contributed by atoms with E-state index in [4.69, 9.17) is 0 Å². The van der Waals surface area contributed by atoms with Crippen molar-refractivity contribution in [3.63, 3.8) is 0 Å². The van der Waals surface area contributed by atoms with E-state index >= 15 is 0 Å². The summed E-state index contributed by atoms with van der Waals surface area (Å²) in [5.74, 6) is -0.405. The van der Waals surface area contributed by atoms with E-state index in [-0.39, 0.29) is 24.3 Å². The van der Waals surface area contributed by atoms with Crippen LogP contribution >= 0.6 is 0 Å². The third kappa shape index (κ3) is 8.97. The van der Waals surface area contributed by atoms with E-state index in [9.17, 15) is 14.4 Å². The molecule has 35 heavy (non-hydrogen) atoms. The van der Waals surface area contributed by atoms with E-state index in [1.807, 2.05) is 36.4 Å². The molecule has 0 heterocycles. The Morgan fingerprint density at radius 3 is 2.11 bits per heavy atom. The van der Waals surface area contributed by atoms with Gasteiger partial charge in [0.05, 0.1) is 6.54 Å². The molecule has 7 nitrogen and oxygen atoms in total. The number of carbonyl (C=O) groups excluding carboxylic acids is 3. The lowest BCUT2D eigenvalue weighted by atomic mass is 10.1. The van der Waals surface area contributed by atoms with E-state index in [0.717, 1.165) is 18.4 Å². The summed E-state index contributed by atoms with van der Waals surface area (Å²) in [6.45, 7) is 2.77. The van der Waals surface area contributed by atoms with Gasteiger partial charge in [-0.05, 0) is 60.9 Å². The number of anilines is 3. The predicted octanol–water partition coefficient (Wildman–Crippen LogP) is 4.84. The Morgan fingerprint density at radius 1 is 0.743 bits per heavy atom. The highest BCUT2D eigenvalue weighted by atomic mass is 16.2. The Hall–Kier alpha value is -4.13. The fourth-order valence-corrected chi connectivity index (χ4v) is 3.40. The van der Waals surface area contributed by atoms with Crippen LogP contribution in [-0.4, -0.2) is 30.8 Å². The van der Waals surface area contributed by atoms with Crippen LogP contribution in [0.15, 0.2) is 78.9 Å². The molecule has 3 aromatic carbocycles. The molecule has 0 unspecified atom stereocenters. The molecule has 0 aliphatic heterocycles. The molecule has 0 aromatic heterocycles. The van der Waals surface area contributed by atoms with Crippen molar-refractivity contribution >= 4 is 34.8 Å². The molecule has 0 bridgehead atoms. The number of hydrogen-bond donors (Lipinski definition) is 4. The van der Waals surface area contributed by atoms with Gasteiger partial charge in [0.25, 0.3) is 5.91 Å². The van der Waals surface area contributed by atoms with Gasteiger partial charge in [-0.3, -0.25) is 14.4 Å². The van der Waals surface area contributed by atoms with Crippen LogP contribution in [0.1, 0.15) is 42.1 Å². The van der Waals surface area contributed by atoms with Crippen molar-refractivity contribution in [1.29, 1.82) is 0 Å². The zero-order valence-electron chi connectivity index (χ0n) is 20.0. The van der Waals surface area contributed by atoms with Gasteiger partial charge in [0.2, 0.25) is 11.8 Å². The molecule has 182 valence electrons. The van der Waals surface area contributed by atoms with Crippen molar-refractivity contribution in [1.82, 2.24) is 5.32 Å². The highest BCUT2D eigenvalue weighted by Gasteiger charge is 2.08. The monoisotopic (exact) mass is 472 g/mol. The summed E-state index contributed by atoms with van der Waals surface area (Å²) in [4.78, 5) is 36.7. The van der Waals surface area contributed by atoms with E-state index < -0.39 is 0 Å². The molecule has 3 aromatic rings. The highest BCUT2D eigenvalue weighted by molar-refractivity contribution is 5.96. The van der Waals surface area contributed by atoms with E-state index in [2.05, 4.69) is 28.2 Å². The van der Waals surface area contributed by atoms with Gasteiger partial charge in [-0.15, -0.1) is 0 Å². The molecular weight excluding hydrogens is 440 g/mol. The Morgan fingerprint density at radius 2 is 1.43 bits per heavy atom. The molecule has 0 spiro atoms. The van der Waals surface area contributed by atoms with E-state index in [1.54, 1.807) is 42.5 Å². The number of nitrogens with one attached hydrogen (secondary N) is 4. The van der Waals surface area contributed by atoms with Gasteiger partial charge >= 0.3 is 0 Å². The van der Waals surface area contributed by atoms with Crippen LogP contribution in [0.2, 0.25) is 0 Å². The normalized spacial score (nSPS) is 10.3. The number of hydrogen-bond acceptors (Lipinski definition) is 4. The van der Waals surface area contributed by atoms with Gasteiger partial charge in [-0.1, -0.05) is 49.7 Å². The van der Waals surface area contributed by atoms with E-state index in [1.165, 1.54) is 0 Å². The Balaban J connectivity index is 1.42. The number of rotatable bonds is 12. The van der Waals surface area contributed by atoms with Crippen LogP contribution in [0.5, 0.6) is 0 Å². The van der Waals surface area contributed by atoms with Crippen molar-refractivity contribution in [2.75, 3.05) is 29.0 Å². The Bertz CT molecular complexity index is 1110. The topological polar surface area (TPSA) is 99.3 Å².